The van der Waals surface area contributed by atoms with Crippen LogP contribution in [-0.4, -0.2) is 41.7 Å². The van der Waals surface area contributed by atoms with Gasteiger partial charge in [-0.05, 0) is 20.1 Å². The first-order valence-corrected chi connectivity index (χ1v) is 7.61. The van der Waals surface area contributed by atoms with E-state index in [1.807, 2.05) is 31.7 Å². The molecule has 0 saturated carbocycles. The van der Waals surface area contributed by atoms with Gasteiger partial charge in [-0.25, -0.2) is 9.97 Å². The zero-order valence-electron chi connectivity index (χ0n) is 11.3. The second kappa shape index (κ2) is 8.99. The summed E-state index contributed by atoms with van der Waals surface area (Å²) in [5, 5.41) is 6.50. The van der Waals surface area contributed by atoms with E-state index in [1.165, 1.54) is 0 Å². The SMILES string of the molecule is CCNc1cc(NCCSC)nc(COCC)n1. The molecule has 2 N–H and O–H groups in total. The first-order valence-electron chi connectivity index (χ1n) is 6.22. The molecule has 6 heteroatoms. The molecule has 0 aliphatic heterocycles. The van der Waals surface area contributed by atoms with Gasteiger partial charge in [0.1, 0.15) is 18.2 Å². The largest absolute Gasteiger partial charge is 0.374 e. The fraction of sp³-hybridized carbons (Fsp3) is 0.667. The summed E-state index contributed by atoms with van der Waals surface area (Å²) in [6, 6.07) is 1.93. The fourth-order valence-electron chi connectivity index (χ4n) is 1.40. The Morgan fingerprint density at radius 3 is 2.56 bits per heavy atom. The van der Waals surface area contributed by atoms with E-state index in [1.54, 1.807) is 0 Å². The lowest BCUT2D eigenvalue weighted by Gasteiger charge is -2.10. The number of thioether (sulfide) groups is 1. The van der Waals surface area contributed by atoms with Crippen molar-refractivity contribution in [3.63, 3.8) is 0 Å². The second-order valence-corrected chi connectivity index (χ2v) is 4.63. The summed E-state index contributed by atoms with van der Waals surface area (Å²) < 4.78 is 5.35. The summed E-state index contributed by atoms with van der Waals surface area (Å²) in [5.74, 6) is 3.46. The Kier molecular flexibility index (Phi) is 7.52. The van der Waals surface area contributed by atoms with E-state index in [0.29, 0.717) is 19.0 Å². The summed E-state index contributed by atoms with van der Waals surface area (Å²) in [4.78, 5) is 8.82. The average molecular weight is 270 g/mol. The van der Waals surface area contributed by atoms with E-state index < -0.39 is 0 Å². The number of aromatic nitrogens is 2. The molecule has 5 nitrogen and oxygen atoms in total. The zero-order valence-corrected chi connectivity index (χ0v) is 12.1. The molecule has 0 unspecified atom stereocenters. The van der Waals surface area contributed by atoms with Gasteiger partial charge in [-0.2, -0.15) is 11.8 Å². The van der Waals surface area contributed by atoms with Crippen LogP contribution in [0.25, 0.3) is 0 Å². The van der Waals surface area contributed by atoms with E-state index in [-0.39, 0.29) is 0 Å². The van der Waals surface area contributed by atoms with Crippen molar-refractivity contribution in [2.24, 2.45) is 0 Å². The number of anilines is 2. The molecular weight excluding hydrogens is 248 g/mol. The highest BCUT2D eigenvalue weighted by Crippen LogP contribution is 2.12. The van der Waals surface area contributed by atoms with Crippen LogP contribution in [0, 0.1) is 0 Å². The highest BCUT2D eigenvalue weighted by molar-refractivity contribution is 7.98. The number of hydrogen-bond donors (Lipinski definition) is 2. The third-order valence-corrected chi connectivity index (χ3v) is 2.79. The van der Waals surface area contributed by atoms with Crippen LogP contribution < -0.4 is 10.6 Å². The molecule has 0 aliphatic carbocycles. The minimum atomic E-state index is 0.451. The van der Waals surface area contributed by atoms with Crippen molar-refractivity contribution in [1.29, 1.82) is 0 Å². The number of ether oxygens (including phenoxy) is 1. The van der Waals surface area contributed by atoms with Gasteiger partial charge in [0.25, 0.3) is 0 Å². The molecule has 0 fully saturated rings. The Hall–Kier alpha value is -1.01. The molecule has 0 bridgehead atoms. The van der Waals surface area contributed by atoms with E-state index in [2.05, 4.69) is 26.9 Å². The summed E-state index contributed by atoms with van der Waals surface area (Å²) in [5.41, 5.74) is 0. The molecule has 0 saturated heterocycles. The monoisotopic (exact) mass is 270 g/mol. The summed E-state index contributed by atoms with van der Waals surface area (Å²) in [6.07, 6.45) is 2.09. The standard InChI is InChI=1S/C12H22N4OS/c1-4-13-10-8-11(14-6-7-18-3)16-12(15-10)9-17-5-2/h8H,4-7,9H2,1-3H3,(H2,13,14,15,16). The van der Waals surface area contributed by atoms with Crippen LogP contribution in [0.5, 0.6) is 0 Å². The molecule has 0 atom stereocenters. The van der Waals surface area contributed by atoms with Gasteiger partial charge in [0.05, 0.1) is 0 Å². The summed E-state index contributed by atoms with van der Waals surface area (Å²) in [6.45, 7) is 6.88. The smallest absolute Gasteiger partial charge is 0.158 e. The maximum absolute atomic E-state index is 5.35. The molecule has 0 radical (unpaired) electrons. The third-order valence-electron chi connectivity index (χ3n) is 2.18. The lowest BCUT2D eigenvalue weighted by Crippen LogP contribution is -2.10. The normalized spacial score (nSPS) is 10.4. The van der Waals surface area contributed by atoms with Gasteiger partial charge < -0.3 is 15.4 Å². The van der Waals surface area contributed by atoms with Crippen molar-refractivity contribution in [2.45, 2.75) is 20.5 Å². The maximum atomic E-state index is 5.35. The molecule has 0 amide bonds. The van der Waals surface area contributed by atoms with Crippen molar-refractivity contribution in [3.05, 3.63) is 11.9 Å². The van der Waals surface area contributed by atoms with Crippen molar-refractivity contribution in [2.75, 3.05) is 42.3 Å². The first-order chi connectivity index (χ1) is 8.80. The summed E-state index contributed by atoms with van der Waals surface area (Å²) >= 11 is 1.81. The Morgan fingerprint density at radius 2 is 1.94 bits per heavy atom. The van der Waals surface area contributed by atoms with Crippen LogP contribution in [-0.2, 0) is 11.3 Å². The van der Waals surface area contributed by atoms with E-state index >= 15 is 0 Å². The molecule has 0 aromatic carbocycles. The van der Waals surface area contributed by atoms with Crippen LogP contribution in [0.2, 0.25) is 0 Å². The molecule has 1 rings (SSSR count). The number of nitrogens with zero attached hydrogens (tertiary/aromatic N) is 2. The molecule has 102 valence electrons. The zero-order chi connectivity index (χ0) is 13.2. The average Bonchev–Trinajstić information content (AvgIpc) is 2.37. The van der Waals surface area contributed by atoms with Crippen molar-refractivity contribution < 1.29 is 4.74 Å². The lowest BCUT2D eigenvalue weighted by molar-refractivity contribution is 0.128. The van der Waals surface area contributed by atoms with Crippen LogP contribution in [0.1, 0.15) is 19.7 Å². The number of rotatable bonds is 9. The third kappa shape index (κ3) is 5.55. The minimum absolute atomic E-state index is 0.451. The molecule has 18 heavy (non-hydrogen) atoms. The predicted octanol–water partition coefficient (Wildman–Crippen LogP) is 2.22. The van der Waals surface area contributed by atoms with Crippen LogP contribution in [0.15, 0.2) is 6.07 Å². The Balaban J connectivity index is 2.70. The van der Waals surface area contributed by atoms with E-state index in [9.17, 15) is 0 Å². The highest BCUT2D eigenvalue weighted by Gasteiger charge is 2.04. The van der Waals surface area contributed by atoms with E-state index in [4.69, 9.17) is 4.74 Å². The fourth-order valence-corrected chi connectivity index (χ4v) is 1.70. The van der Waals surface area contributed by atoms with Gasteiger partial charge in [0.2, 0.25) is 0 Å². The number of nitrogens with one attached hydrogen (secondary N) is 2. The molecular formula is C12H22N4OS. The molecule has 0 aliphatic rings. The van der Waals surface area contributed by atoms with Gasteiger partial charge in [-0.15, -0.1) is 0 Å². The van der Waals surface area contributed by atoms with E-state index in [0.717, 1.165) is 30.5 Å². The van der Waals surface area contributed by atoms with Crippen LogP contribution >= 0.6 is 11.8 Å². The van der Waals surface area contributed by atoms with Gasteiger partial charge in [-0.1, -0.05) is 0 Å². The van der Waals surface area contributed by atoms with Crippen molar-refractivity contribution in [1.82, 2.24) is 9.97 Å². The Labute approximate surface area is 113 Å². The maximum Gasteiger partial charge on any atom is 0.158 e. The van der Waals surface area contributed by atoms with Crippen LogP contribution in [0.3, 0.4) is 0 Å². The number of hydrogen-bond acceptors (Lipinski definition) is 6. The topological polar surface area (TPSA) is 59.1 Å². The van der Waals surface area contributed by atoms with Crippen molar-refractivity contribution >= 4 is 23.4 Å². The van der Waals surface area contributed by atoms with Gasteiger partial charge >= 0.3 is 0 Å². The summed E-state index contributed by atoms with van der Waals surface area (Å²) in [7, 11) is 0. The van der Waals surface area contributed by atoms with Gasteiger partial charge in [0.15, 0.2) is 5.82 Å². The predicted molar refractivity (Wildman–Crippen MR) is 78.4 cm³/mol. The highest BCUT2D eigenvalue weighted by atomic mass is 32.2. The Bertz CT molecular complexity index is 349. The van der Waals surface area contributed by atoms with Gasteiger partial charge in [-0.3, -0.25) is 0 Å². The molecule has 0 spiro atoms. The Morgan fingerprint density at radius 1 is 1.22 bits per heavy atom. The first kappa shape index (κ1) is 15.0. The molecule has 1 aromatic heterocycles. The van der Waals surface area contributed by atoms with Crippen molar-refractivity contribution in [3.8, 4) is 0 Å². The quantitative estimate of drug-likeness (QED) is 0.671. The molecule has 1 aromatic rings. The van der Waals surface area contributed by atoms with Gasteiger partial charge in [0, 0.05) is 31.5 Å². The lowest BCUT2D eigenvalue weighted by atomic mass is 10.4. The molecule has 1 heterocycles. The van der Waals surface area contributed by atoms with Crippen LogP contribution in [0.4, 0.5) is 11.6 Å². The minimum Gasteiger partial charge on any atom is -0.374 e. The second-order valence-electron chi connectivity index (χ2n) is 3.64.